The first kappa shape index (κ1) is 16.4. The second-order valence-corrected chi connectivity index (χ2v) is 7.99. The molecule has 27 heavy (non-hydrogen) atoms. The zero-order valence-electron chi connectivity index (χ0n) is 15.8. The number of hydrogen-bond acceptors (Lipinski definition) is 2. The van der Waals surface area contributed by atoms with Crippen molar-refractivity contribution in [2.24, 2.45) is 5.92 Å². The first-order chi connectivity index (χ1) is 13.3. The van der Waals surface area contributed by atoms with Crippen molar-refractivity contribution in [2.45, 2.75) is 39.0 Å². The lowest BCUT2D eigenvalue weighted by atomic mass is 9.89. The molecule has 5 rings (SSSR count). The third-order valence-corrected chi connectivity index (χ3v) is 5.92. The van der Waals surface area contributed by atoms with E-state index in [0.717, 1.165) is 40.3 Å². The van der Waals surface area contributed by atoms with Gasteiger partial charge in [0.05, 0.1) is 11.2 Å². The van der Waals surface area contributed by atoms with Gasteiger partial charge in [0.1, 0.15) is 5.69 Å². The molecule has 4 nitrogen and oxygen atoms in total. The number of benzene rings is 2. The van der Waals surface area contributed by atoms with Gasteiger partial charge in [0.2, 0.25) is 0 Å². The SMILES string of the molecule is Cc1ccc2cc(-c3n[nH]c4ccc(NCC5CCCCC5)cc34)[nH]c2c1. The predicted octanol–water partition coefficient (Wildman–Crippen LogP) is 6.01. The van der Waals surface area contributed by atoms with Gasteiger partial charge < -0.3 is 10.3 Å². The number of anilines is 1. The molecule has 0 radical (unpaired) electrons. The molecule has 0 atom stereocenters. The van der Waals surface area contributed by atoms with E-state index in [-0.39, 0.29) is 0 Å². The lowest BCUT2D eigenvalue weighted by molar-refractivity contribution is 0.373. The van der Waals surface area contributed by atoms with Crippen LogP contribution in [0.5, 0.6) is 0 Å². The lowest BCUT2D eigenvalue weighted by Crippen LogP contribution is -2.16. The second kappa shape index (κ2) is 6.76. The van der Waals surface area contributed by atoms with Gasteiger partial charge in [0, 0.05) is 28.5 Å². The van der Waals surface area contributed by atoms with Gasteiger partial charge in [0.15, 0.2) is 0 Å². The highest BCUT2D eigenvalue weighted by Gasteiger charge is 2.14. The van der Waals surface area contributed by atoms with Gasteiger partial charge in [-0.2, -0.15) is 5.10 Å². The smallest absolute Gasteiger partial charge is 0.116 e. The van der Waals surface area contributed by atoms with E-state index < -0.39 is 0 Å². The van der Waals surface area contributed by atoms with Gasteiger partial charge in [-0.05, 0) is 61.6 Å². The maximum atomic E-state index is 4.59. The van der Waals surface area contributed by atoms with Crippen LogP contribution in [0.1, 0.15) is 37.7 Å². The first-order valence-electron chi connectivity index (χ1n) is 10.1. The Bertz CT molecular complexity index is 1080. The number of nitrogens with one attached hydrogen (secondary N) is 3. The van der Waals surface area contributed by atoms with Crippen LogP contribution in [0.3, 0.4) is 0 Å². The maximum absolute atomic E-state index is 4.59. The number of H-pyrrole nitrogens is 2. The minimum Gasteiger partial charge on any atom is -0.385 e. The monoisotopic (exact) mass is 358 g/mol. The van der Waals surface area contributed by atoms with Crippen LogP contribution in [-0.4, -0.2) is 21.7 Å². The Balaban J connectivity index is 1.45. The Kier molecular flexibility index (Phi) is 4.12. The van der Waals surface area contributed by atoms with Crippen LogP contribution in [0.25, 0.3) is 33.2 Å². The summed E-state index contributed by atoms with van der Waals surface area (Å²) < 4.78 is 0. The van der Waals surface area contributed by atoms with Crippen molar-refractivity contribution < 1.29 is 0 Å². The summed E-state index contributed by atoms with van der Waals surface area (Å²) >= 11 is 0. The van der Waals surface area contributed by atoms with Crippen molar-refractivity contribution in [3.63, 3.8) is 0 Å². The van der Waals surface area contributed by atoms with Crippen molar-refractivity contribution in [1.29, 1.82) is 0 Å². The Morgan fingerprint density at radius 3 is 2.78 bits per heavy atom. The summed E-state index contributed by atoms with van der Waals surface area (Å²) in [6.45, 7) is 3.19. The van der Waals surface area contributed by atoms with E-state index in [1.54, 1.807) is 0 Å². The van der Waals surface area contributed by atoms with Crippen LogP contribution in [0.15, 0.2) is 42.5 Å². The molecule has 138 valence electrons. The number of aromatic nitrogens is 3. The van der Waals surface area contributed by atoms with Gasteiger partial charge in [-0.3, -0.25) is 5.10 Å². The van der Waals surface area contributed by atoms with Crippen LogP contribution in [-0.2, 0) is 0 Å². The Morgan fingerprint density at radius 2 is 1.89 bits per heavy atom. The van der Waals surface area contributed by atoms with E-state index in [0.29, 0.717) is 0 Å². The molecule has 2 heterocycles. The molecule has 0 aliphatic heterocycles. The zero-order valence-corrected chi connectivity index (χ0v) is 15.8. The molecular weight excluding hydrogens is 332 g/mol. The van der Waals surface area contributed by atoms with E-state index in [4.69, 9.17) is 0 Å². The molecular formula is C23H26N4. The van der Waals surface area contributed by atoms with Crippen LogP contribution < -0.4 is 5.32 Å². The fourth-order valence-corrected chi connectivity index (χ4v) is 4.35. The van der Waals surface area contributed by atoms with Crippen molar-refractivity contribution in [1.82, 2.24) is 15.2 Å². The number of fused-ring (bicyclic) bond motifs is 2. The Labute approximate surface area is 159 Å². The molecule has 2 aromatic carbocycles. The topological polar surface area (TPSA) is 56.5 Å². The number of aryl methyl sites for hydroxylation is 1. The molecule has 3 N–H and O–H groups in total. The average molecular weight is 358 g/mol. The highest BCUT2D eigenvalue weighted by atomic mass is 15.1. The number of hydrogen-bond donors (Lipinski definition) is 3. The molecule has 0 spiro atoms. The summed E-state index contributed by atoms with van der Waals surface area (Å²) in [4.78, 5) is 3.53. The fraction of sp³-hybridized carbons (Fsp3) is 0.348. The van der Waals surface area contributed by atoms with Gasteiger partial charge >= 0.3 is 0 Å². The molecule has 4 heteroatoms. The summed E-state index contributed by atoms with van der Waals surface area (Å²) in [6.07, 6.45) is 6.90. The van der Waals surface area contributed by atoms with E-state index in [1.807, 2.05) is 0 Å². The Morgan fingerprint density at radius 1 is 1.00 bits per heavy atom. The zero-order chi connectivity index (χ0) is 18.2. The van der Waals surface area contributed by atoms with Crippen molar-refractivity contribution in [2.75, 3.05) is 11.9 Å². The molecule has 0 bridgehead atoms. The Hall–Kier alpha value is -2.75. The second-order valence-electron chi connectivity index (χ2n) is 7.99. The summed E-state index contributed by atoms with van der Waals surface area (Å²) in [5.74, 6) is 0.815. The predicted molar refractivity (Wildman–Crippen MR) is 113 cm³/mol. The minimum atomic E-state index is 0.815. The molecule has 1 aliphatic rings. The van der Waals surface area contributed by atoms with Crippen molar-refractivity contribution in [3.05, 3.63) is 48.0 Å². The van der Waals surface area contributed by atoms with Gasteiger partial charge in [-0.25, -0.2) is 0 Å². The standard InChI is InChI=1S/C23H26N4/c1-15-7-8-17-12-22(25-21(17)11-15)23-19-13-18(9-10-20(19)26-27-23)24-14-16-5-3-2-4-6-16/h7-13,16,24-25H,2-6,14H2,1H3,(H,26,27). The molecule has 4 aromatic rings. The van der Waals surface area contributed by atoms with E-state index in [1.165, 1.54) is 48.7 Å². The van der Waals surface area contributed by atoms with Crippen molar-refractivity contribution in [3.8, 4) is 11.4 Å². The largest absolute Gasteiger partial charge is 0.385 e. The minimum absolute atomic E-state index is 0.815. The number of rotatable bonds is 4. The van der Waals surface area contributed by atoms with Gasteiger partial charge in [-0.15, -0.1) is 0 Å². The van der Waals surface area contributed by atoms with E-state index >= 15 is 0 Å². The highest BCUT2D eigenvalue weighted by Crippen LogP contribution is 2.31. The van der Waals surface area contributed by atoms with Crippen LogP contribution in [0, 0.1) is 12.8 Å². The third kappa shape index (κ3) is 3.20. The number of aromatic amines is 2. The lowest BCUT2D eigenvalue weighted by Gasteiger charge is -2.22. The normalized spacial score (nSPS) is 15.6. The summed E-state index contributed by atoms with van der Waals surface area (Å²) in [5, 5.41) is 13.8. The van der Waals surface area contributed by atoms with Crippen LogP contribution >= 0.6 is 0 Å². The molecule has 2 aromatic heterocycles. The summed E-state index contributed by atoms with van der Waals surface area (Å²) in [5.41, 5.74) is 6.72. The molecule has 1 saturated carbocycles. The fourth-order valence-electron chi connectivity index (χ4n) is 4.35. The van der Waals surface area contributed by atoms with Gasteiger partial charge in [-0.1, -0.05) is 31.4 Å². The molecule has 0 amide bonds. The summed E-state index contributed by atoms with van der Waals surface area (Å²) in [7, 11) is 0. The maximum Gasteiger partial charge on any atom is 0.116 e. The van der Waals surface area contributed by atoms with Crippen LogP contribution in [0.4, 0.5) is 5.69 Å². The van der Waals surface area contributed by atoms with E-state index in [2.05, 4.69) is 69.9 Å². The van der Waals surface area contributed by atoms with Gasteiger partial charge in [0.25, 0.3) is 0 Å². The molecule has 1 aliphatic carbocycles. The summed E-state index contributed by atoms with van der Waals surface area (Å²) in [6, 6.07) is 15.2. The van der Waals surface area contributed by atoms with Crippen LogP contribution in [0.2, 0.25) is 0 Å². The van der Waals surface area contributed by atoms with E-state index in [9.17, 15) is 0 Å². The molecule has 0 saturated heterocycles. The first-order valence-corrected chi connectivity index (χ1v) is 10.1. The highest BCUT2D eigenvalue weighted by molar-refractivity contribution is 5.97. The number of nitrogens with zero attached hydrogens (tertiary/aromatic N) is 1. The average Bonchev–Trinajstić information content (AvgIpc) is 3.30. The molecule has 1 fully saturated rings. The molecule has 0 unspecified atom stereocenters. The van der Waals surface area contributed by atoms with Crippen molar-refractivity contribution >= 4 is 27.5 Å². The quantitative estimate of drug-likeness (QED) is 0.418. The third-order valence-electron chi connectivity index (χ3n) is 5.92.